The standard InChI is InChI=1S/C23H19FN4O3/c24-17-7-5-15(6-8-17)16-13-25-21(26-14-16)27-22(30)28-11-9-23(10-12-28)19-4-2-1-3-18(19)20(29)31-23/h1-8,13-14H,9-12H2,(H,25,26,27,30). The van der Waals surface area contributed by atoms with Crippen LogP contribution in [0.1, 0.15) is 28.8 Å². The first kappa shape index (κ1) is 19.2. The van der Waals surface area contributed by atoms with Gasteiger partial charge in [0.05, 0.1) is 5.56 Å². The van der Waals surface area contributed by atoms with Crippen LogP contribution in [0.4, 0.5) is 15.1 Å². The van der Waals surface area contributed by atoms with Gasteiger partial charge in [-0.05, 0) is 23.8 Å². The predicted molar refractivity (Wildman–Crippen MR) is 111 cm³/mol. The largest absolute Gasteiger partial charge is 0.450 e. The number of urea groups is 1. The summed E-state index contributed by atoms with van der Waals surface area (Å²) in [5.74, 6) is -0.426. The minimum Gasteiger partial charge on any atom is -0.450 e. The zero-order chi connectivity index (χ0) is 21.4. The third-order valence-corrected chi connectivity index (χ3v) is 5.83. The highest BCUT2D eigenvalue weighted by molar-refractivity contribution is 5.95. The van der Waals surface area contributed by atoms with Gasteiger partial charge in [-0.3, -0.25) is 5.32 Å². The molecule has 0 aliphatic carbocycles. The van der Waals surface area contributed by atoms with Gasteiger partial charge >= 0.3 is 12.0 Å². The van der Waals surface area contributed by atoms with Gasteiger partial charge in [0.15, 0.2) is 0 Å². The van der Waals surface area contributed by atoms with E-state index in [2.05, 4.69) is 15.3 Å². The molecular weight excluding hydrogens is 399 g/mol. The zero-order valence-corrected chi connectivity index (χ0v) is 16.5. The van der Waals surface area contributed by atoms with E-state index >= 15 is 0 Å². The fraction of sp³-hybridized carbons (Fsp3) is 0.217. The first-order valence-corrected chi connectivity index (χ1v) is 10.0. The lowest BCUT2D eigenvalue weighted by Crippen LogP contribution is -2.47. The third-order valence-electron chi connectivity index (χ3n) is 5.83. The molecule has 0 saturated carbocycles. The number of anilines is 1. The molecule has 0 radical (unpaired) electrons. The Morgan fingerprint density at radius 2 is 1.68 bits per heavy atom. The average Bonchev–Trinajstić information content (AvgIpc) is 3.07. The SMILES string of the molecule is O=C1OC2(CCN(C(=O)Nc3ncc(-c4ccc(F)cc4)cn3)CC2)c2ccccc21. The third kappa shape index (κ3) is 3.50. The van der Waals surface area contributed by atoms with Crippen molar-refractivity contribution in [3.8, 4) is 11.1 Å². The first-order valence-electron chi connectivity index (χ1n) is 10.0. The number of halogens is 1. The van der Waals surface area contributed by atoms with E-state index in [9.17, 15) is 14.0 Å². The number of likely N-dealkylation sites (tertiary alicyclic amines) is 1. The number of carbonyl (C=O) groups excluding carboxylic acids is 2. The summed E-state index contributed by atoms with van der Waals surface area (Å²) in [7, 11) is 0. The van der Waals surface area contributed by atoms with Crippen LogP contribution < -0.4 is 5.32 Å². The van der Waals surface area contributed by atoms with Gasteiger partial charge in [0.1, 0.15) is 11.4 Å². The molecule has 31 heavy (non-hydrogen) atoms. The number of carbonyl (C=O) groups is 2. The van der Waals surface area contributed by atoms with E-state index in [4.69, 9.17) is 4.74 Å². The van der Waals surface area contributed by atoms with Crippen LogP contribution in [0, 0.1) is 5.82 Å². The van der Waals surface area contributed by atoms with Crippen molar-refractivity contribution in [2.75, 3.05) is 18.4 Å². The van der Waals surface area contributed by atoms with Gasteiger partial charge in [-0.2, -0.15) is 0 Å². The number of nitrogens with zero attached hydrogens (tertiary/aromatic N) is 3. The van der Waals surface area contributed by atoms with E-state index in [-0.39, 0.29) is 23.8 Å². The molecule has 1 fully saturated rings. The quantitative estimate of drug-likeness (QED) is 0.637. The number of fused-ring (bicyclic) bond motifs is 2. The van der Waals surface area contributed by atoms with Crippen LogP contribution in [0.15, 0.2) is 60.9 Å². The number of rotatable bonds is 2. The lowest BCUT2D eigenvalue weighted by atomic mass is 9.84. The molecule has 156 valence electrons. The maximum absolute atomic E-state index is 13.1. The molecular formula is C23H19FN4O3. The van der Waals surface area contributed by atoms with Crippen LogP contribution >= 0.6 is 0 Å². The summed E-state index contributed by atoms with van der Waals surface area (Å²) in [6, 6.07) is 13.1. The van der Waals surface area contributed by atoms with Crippen LogP contribution in [0.5, 0.6) is 0 Å². The maximum atomic E-state index is 13.1. The molecule has 0 bridgehead atoms. The molecule has 3 heterocycles. The minimum atomic E-state index is -0.655. The first-order chi connectivity index (χ1) is 15.0. The molecule has 2 aliphatic rings. The highest BCUT2D eigenvalue weighted by Gasteiger charge is 2.47. The Balaban J connectivity index is 1.23. The number of esters is 1. The number of aromatic nitrogens is 2. The van der Waals surface area contributed by atoms with Crippen LogP contribution in [-0.2, 0) is 10.3 Å². The molecule has 3 aromatic rings. The lowest BCUT2D eigenvalue weighted by Gasteiger charge is -2.38. The van der Waals surface area contributed by atoms with E-state index in [0.717, 1.165) is 16.7 Å². The van der Waals surface area contributed by atoms with Gasteiger partial charge in [-0.25, -0.2) is 23.9 Å². The number of amides is 2. The van der Waals surface area contributed by atoms with Crippen LogP contribution in [-0.4, -0.2) is 40.0 Å². The smallest absolute Gasteiger partial charge is 0.339 e. The molecule has 1 spiro atoms. The second kappa shape index (κ2) is 7.46. The molecule has 1 N–H and O–H groups in total. The monoisotopic (exact) mass is 418 g/mol. The Labute approximate surface area is 177 Å². The predicted octanol–water partition coefficient (Wildman–Crippen LogP) is 3.98. The topological polar surface area (TPSA) is 84.4 Å². The molecule has 2 amide bonds. The van der Waals surface area contributed by atoms with Crippen molar-refractivity contribution in [2.45, 2.75) is 18.4 Å². The van der Waals surface area contributed by atoms with Gasteiger partial charge in [-0.1, -0.05) is 30.3 Å². The van der Waals surface area contributed by atoms with E-state index < -0.39 is 5.60 Å². The lowest BCUT2D eigenvalue weighted by molar-refractivity contribution is -0.0363. The van der Waals surface area contributed by atoms with Gasteiger partial charge in [0.25, 0.3) is 0 Å². The molecule has 0 unspecified atom stereocenters. The number of benzene rings is 2. The Bertz CT molecular complexity index is 1140. The number of ether oxygens (including phenoxy) is 1. The molecule has 7 nitrogen and oxygen atoms in total. The highest BCUT2D eigenvalue weighted by atomic mass is 19.1. The van der Waals surface area contributed by atoms with Crippen molar-refractivity contribution in [1.29, 1.82) is 0 Å². The Kier molecular flexibility index (Phi) is 4.62. The van der Waals surface area contributed by atoms with E-state index in [0.29, 0.717) is 31.5 Å². The van der Waals surface area contributed by atoms with E-state index in [1.54, 1.807) is 35.5 Å². The van der Waals surface area contributed by atoms with Crippen molar-refractivity contribution >= 4 is 17.9 Å². The molecule has 1 saturated heterocycles. The number of hydrogen-bond acceptors (Lipinski definition) is 5. The number of hydrogen-bond donors (Lipinski definition) is 1. The Morgan fingerprint density at radius 1 is 1.00 bits per heavy atom. The molecule has 0 atom stereocenters. The summed E-state index contributed by atoms with van der Waals surface area (Å²) in [6.45, 7) is 0.891. The van der Waals surface area contributed by atoms with Crippen molar-refractivity contribution in [2.24, 2.45) is 0 Å². The van der Waals surface area contributed by atoms with Gasteiger partial charge in [-0.15, -0.1) is 0 Å². The van der Waals surface area contributed by atoms with Crippen molar-refractivity contribution in [1.82, 2.24) is 14.9 Å². The van der Waals surface area contributed by atoms with Gasteiger partial charge in [0.2, 0.25) is 5.95 Å². The van der Waals surface area contributed by atoms with Crippen LogP contribution in [0.3, 0.4) is 0 Å². The second-order valence-electron chi connectivity index (χ2n) is 7.65. The summed E-state index contributed by atoms with van der Waals surface area (Å²) in [5.41, 5.74) is 2.36. The summed E-state index contributed by atoms with van der Waals surface area (Å²) >= 11 is 0. The maximum Gasteiger partial charge on any atom is 0.339 e. The fourth-order valence-electron chi connectivity index (χ4n) is 4.15. The van der Waals surface area contributed by atoms with Crippen molar-refractivity contribution in [3.63, 3.8) is 0 Å². The minimum absolute atomic E-state index is 0.189. The van der Waals surface area contributed by atoms with E-state index in [1.807, 2.05) is 18.2 Å². The average molecular weight is 418 g/mol. The number of piperidine rings is 1. The summed E-state index contributed by atoms with van der Waals surface area (Å²) in [6.07, 6.45) is 4.23. The molecule has 1 aromatic heterocycles. The van der Waals surface area contributed by atoms with Crippen molar-refractivity contribution in [3.05, 3.63) is 77.9 Å². The van der Waals surface area contributed by atoms with Gasteiger partial charge in [0, 0.05) is 49.5 Å². The molecule has 8 heteroatoms. The second-order valence-corrected chi connectivity index (χ2v) is 7.65. The van der Waals surface area contributed by atoms with Crippen LogP contribution in [0.25, 0.3) is 11.1 Å². The Morgan fingerprint density at radius 3 is 2.39 bits per heavy atom. The normalized spacial score (nSPS) is 16.7. The molecule has 2 aliphatic heterocycles. The zero-order valence-electron chi connectivity index (χ0n) is 16.5. The van der Waals surface area contributed by atoms with E-state index in [1.165, 1.54) is 12.1 Å². The highest BCUT2D eigenvalue weighted by Crippen LogP contribution is 2.43. The number of nitrogens with one attached hydrogen (secondary N) is 1. The van der Waals surface area contributed by atoms with Crippen LogP contribution in [0.2, 0.25) is 0 Å². The fourth-order valence-corrected chi connectivity index (χ4v) is 4.15. The Hall–Kier alpha value is -3.81. The van der Waals surface area contributed by atoms with Crippen molar-refractivity contribution < 1.29 is 18.7 Å². The summed E-state index contributed by atoms with van der Waals surface area (Å²) in [4.78, 5) is 34.9. The summed E-state index contributed by atoms with van der Waals surface area (Å²) < 4.78 is 18.8. The summed E-state index contributed by atoms with van der Waals surface area (Å²) in [5, 5.41) is 2.70. The molecule has 5 rings (SSSR count). The molecule has 2 aromatic carbocycles. The van der Waals surface area contributed by atoms with Gasteiger partial charge < -0.3 is 9.64 Å².